The van der Waals surface area contributed by atoms with Crippen molar-refractivity contribution in [3.05, 3.63) is 59.2 Å². The number of aromatic hydroxyl groups is 1. The lowest BCUT2D eigenvalue weighted by atomic mass is 9.95. The van der Waals surface area contributed by atoms with Crippen LogP contribution in [0.25, 0.3) is 5.76 Å². The summed E-state index contributed by atoms with van der Waals surface area (Å²) in [5, 5.41) is 21.5. The Morgan fingerprint density at radius 2 is 1.78 bits per heavy atom. The van der Waals surface area contributed by atoms with Crippen LogP contribution in [0.2, 0.25) is 0 Å². The van der Waals surface area contributed by atoms with Crippen molar-refractivity contribution in [3.8, 4) is 17.2 Å². The fraction of sp³-hybridized carbons (Fsp3) is 0.429. The van der Waals surface area contributed by atoms with Crippen LogP contribution < -0.4 is 9.47 Å². The zero-order chi connectivity index (χ0) is 26.5. The first-order valence-corrected chi connectivity index (χ1v) is 12.6. The summed E-state index contributed by atoms with van der Waals surface area (Å²) >= 11 is 0. The molecule has 0 aliphatic carbocycles. The zero-order valence-corrected chi connectivity index (χ0v) is 21.5. The maximum absolute atomic E-state index is 13.3. The minimum atomic E-state index is -0.840. The summed E-state index contributed by atoms with van der Waals surface area (Å²) in [6, 6.07) is 10.6. The van der Waals surface area contributed by atoms with Gasteiger partial charge in [-0.2, -0.15) is 0 Å². The number of aliphatic hydroxyl groups is 1. The first-order valence-electron chi connectivity index (χ1n) is 12.6. The number of phenolic OH excluding ortho intramolecular Hbond substituents is 1. The van der Waals surface area contributed by atoms with Crippen LogP contribution in [0.15, 0.2) is 48.0 Å². The van der Waals surface area contributed by atoms with Crippen molar-refractivity contribution in [1.29, 1.82) is 0 Å². The molecule has 2 heterocycles. The van der Waals surface area contributed by atoms with Crippen molar-refractivity contribution < 1.29 is 34.0 Å². The summed E-state index contributed by atoms with van der Waals surface area (Å²) in [7, 11) is 0. The average molecular weight is 511 g/mol. The summed E-state index contributed by atoms with van der Waals surface area (Å²) < 4.78 is 16.6. The number of ether oxygens (including phenoxy) is 3. The fourth-order valence-corrected chi connectivity index (χ4v) is 4.62. The van der Waals surface area contributed by atoms with Crippen LogP contribution in [0.4, 0.5) is 0 Å². The predicted octanol–water partition coefficient (Wildman–Crippen LogP) is 3.33. The molecule has 2 aliphatic heterocycles. The maximum atomic E-state index is 13.3. The van der Waals surface area contributed by atoms with Gasteiger partial charge >= 0.3 is 0 Å². The molecule has 4 rings (SSSR count). The molecule has 2 fully saturated rings. The van der Waals surface area contributed by atoms with Crippen LogP contribution in [0.3, 0.4) is 0 Å². The lowest BCUT2D eigenvalue weighted by Gasteiger charge is -2.31. The van der Waals surface area contributed by atoms with Gasteiger partial charge in [0, 0.05) is 31.7 Å². The number of hydrogen-bond acceptors (Lipinski definition) is 8. The third-order valence-electron chi connectivity index (χ3n) is 6.40. The van der Waals surface area contributed by atoms with Gasteiger partial charge in [0.1, 0.15) is 11.5 Å². The third kappa shape index (κ3) is 5.89. The minimum Gasteiger partial charge on any atom is -0.507 e. The van der Waals surface area contributed by atoms with Gasteiger partial charge < -0.3 is 29.3 Å². The summed E-state index contributed by atoms with van der Waals surface area (Å²) in [4.78, 5) is 30.2. The second-order valence-electron chi connectivity index (χ2n) is 9.30. The molecule has 0 saturated carbocycles. The van der Waals surface area contributed by atoms with Crippen molar-refractivity contribution in [2.24, 2.45) is 0 Å². The number of morpholine rings is 1. The maximum Gasteiger partial charge on any atom is 0.295 e. The molecule has 198 valence electrons. The van der Waals surface area contributed by atoms with Gasteiger partial charge in [-0.25, -0.2) is 0 Å². The van der Waals surface area contributed by atoms with E-state index in [0.717, 1.165) is 13.1 Å². The molecular formula is C28H34N2O7. The van der Waals surface area contributed by atoms with E-state index in [0.29, 0.717) is 43.2 Å². The predicted molar refractivity (Wildman–Crippen MR) is 138 cm³/mol. The Bertz CT molecular complexity index is 1150. The van der Waals surface area contributed by atoms with Crippen molar-refractivity contribution in [3.63, 3.8) is 0 Å². The minimum absolute atomic E-state index is 0.00218. The van der Waals surface area contributed by atoms with Crippen LogP contribution in [-0.4, -0.2) is 83.8 Å². The van der Waals surface area contributed by atoms with Gasteiger partial charge in [-0.05, 0) is 62.7 Å². The van der Waals surface area contributed by atoms with Gasteiger partial charge in [-0.1, -0.05) is 6.07 Å². The largest absolute Gasteiger partial charge is 0.507 e. The van der Waals surface area contributed by atoms with Crippen LogP contribution in [0.1, 0.15) is 37.9 Å². The van der Waals surface area contributed by atoms with Gasteiger partial charge in [0.05, 0.1) is 37.5 Å². The van der Waals surface area contributed by atoms with Crippen LogP contribution >= 0.6 is 0 Å². The highest BCUT2D eigenvalue weighted by Gasteiger charge is 2.46. The third-order valence-corrected chi connectivity index (χ3v) is 6.40. The van der Waals surface area contributed by atoms with Crippen LogP contribution in [0.5, 0.6) is 17.2 Å². The van der Waals surface area contributed by atoms with E-state index in [1.807, 2.05) is 13.8 Å². The number of hydrogen-bond donors (Lipinski definition) is 2. The summed E-state index contributed by atoms with van der Waals surface area (Å²) in [6.07, 6.45) is -0.00901. The Kier molecular flexibility index (Phi) is 8.35. The second kappa shape index (κ2) is 11.7. The van der Waals surface area contributed by atoms with E-state index in [1.165, 1.54) is 11.0 Å². The Balaban J connectivity index is 1.74. The molecular weight excluding hydrogens is 476 g/mol. The number of ketones is 1. The molecule has 1 amide bonds. The van der Waals surface area contributed by atoms with Crippen LogP contribution in [0, 0.1) is 0 Å². The number of aliphatic hydroxyl groups excluding tert-OH is 1. The molecule has 2 aromatic rings. The number of likely N-dealkylation sites (tertiary alicyclic amines) is 1. The quantitative estimate of drug-likeness (QED) is 0.300. The van der Waals surface area contributed by atoms with E-state index >= 15 is 0 Å². The van der Waals surface area contributed by atoms with E-state index in [4.69, 9.17) is 14.2 Å². The average Bonchev–Trinajstić information content (AvgIpc) is 3.14. The molecule has 0 bridgehead atoms. The number of phenols is 1. The molecule has 2 saturated heterocycles. The lowest BCUT2D eigenvalue weighted by molar-refractivity contribution is -0.140. The topological polar surface area (TPSA) is 109 Å². The van der Waals surface area contributed by atoms with E-state index < -0.39 is 17.7 Å². The van der Waals surface area contributed by atoms with Gasteiger partial charge in [0.2, 0.25) is 0 Å². The second-order valence-corrected chi connectivity index (χ2v) is 9.30. The molecule has 2 aliphatic rings. The summed E-state index contributed by atoms with van der Waals surface area (Å²) in [5.41, 5.74) is 0.956. The molecule has 2 aromatic carbocycles. The van der Waals surface area contributed by atoms with Crippen molar-refractivity contribution in [2.45, 2.75) is 32.9 Å². The smallest absolute Gasteiger partial charge is 0.295 e. The number of benzene rings is 2. The molecule has 0 aromatic heterocycles. The lowest BCUT2D eigenvalue weighted by Crippen LogP contribution is -2.42. The summed E-state index contributed by atoms with van der Waals surface area (Å²) in [5.74, 6) is -0.859. The van der Waals surface area contributed by atoms with E-state index in [1.54, 1.807) is 43.3 Å². The monoisotopic (exact) mass is 510 g/mol. The Morgan fingerprint density at radius 1 is 1.08 bits per heavy atom. The molecule has 37 heavy (non-hydrogen) atoms. The van der Waals surface area contributed by atoms with Crippen molar-refractivity contribution in [2.75, 3.05) is 46.0 Å². The highest BCUT2D eigenvalue weighted by molar-refractivity contribution is 6.46. The Labute approximate surface area is 216 Å². The number of Topliss-reactive ketones (excluding diaryl/α,β-unsaturated/α-hetero) is 1. The Hall–Kier alpha value is -3.56. The highest BCUT2D eigenvalue weighted by atomic mass is 16.5. The SMILES string of the molecule is CCOc1cc(C2/C(=C(\O)c3ccc(OC(C)C)cc3)C(=O)C(=O)N2CCN2CCOCC2)ccc1O. The summed E-state index contributed by atoms with van der Waals surface area (Å²) in [6.45, 7) is 9.54. The number of amides is 1. The number of rotatable bonds is 9. The molecule has 0 radical (unpaired) electrons. The van der Waals surface area contributed by atoms with Gasteiger partial charge in [-0.3, -0.25) is 14.5 Å². The standard InChI is InChI=1S/C28H34N2O7/c1-4-36-23-17-20(7-10-22(23)31)25-24(26(32)19-5-8-21(9-6-19)37-18(2)3)27(33)28(34)30(25)12-11-29-13-15-35-16-14-29/h5-10,17-18,25,31-32H,4,11-16H2,1-3H3/b26-24+. The van der Waals surface area contributed by atoms with E-state index in [-0.39, 0.29) is 35.5 Å². The van der Waals surface area contributed by atoms with Gasteiger partial charge in [-0.15, -0.1) is 0 Å². The number of nitrogens with zero attached hydrogens (tertiary/aromatic N) is 2. The van der Waals surface area contributed by atoms with Crippen molar-refractivity contribution >= 4 is 17.4 Å². The number of carbonyl (C=O) groups excluding carboxylic acids is 2. The zero-order valence-electron chi connectivity index (χ0n) is 21.5. The van der Waals surface area contributed by atoms with Gasteiger partial charge in [0.15, 0.2) is 11.5 Å². The first-order chi connectivity index (χ1) is 17.8. The normalized spacial score (nSPS) is 20.0. The Morgan fingerprint density at radius 3 is 2.43 bits per heavy atom. The van der Waals surface area contributed by atoms with E-state index in [9.17, 15) is 19.8 Å². The first kappa shape index (κ1) is 26.5. The number of carbonyl (C=O) groups is 2. The molecule has 2 N–H and O–H groups in total. The highest BCUT2D eigenvalue weighted by Crippen LogP contribution is 2.41. The molecule has 1 unspecified atom stereocenters. The van der Waals surface area contributed by atoms with E-state index in [2.05, 4.69) is 4.90 Å². The molecule has 9 heteroatoms. The fourth-order valence-electron chi connectivity index (χ4n) is 4.62. The molecule has 9 nitrogen and oxygen atoms in total. The van der Waals surface area contributed by atoms with Crippen molar-refractivity contribution in [1.82, 2.24) is 9.80 Å². The van der Waals surface area contributed by atoms with Gasteiger partial charge in [0.25, 0.3) is 11.7 Å². The van der Waals surface area contributed by atoms with Crippen LogP contribution in [-0.2, 0) is 14.3 Å². The molecule has 1 atom stereocenters. The molecule has 0 spiro atoms.